The number of carbonyl (C=O) groups is 1. The van der Waals surface area contributed by atoms with E-state index in [0.29, 0.717) is 6.61 Å². The van der Waals surface area contributed by atoms with Crippen LogP contribution in [0.25, 0.3) is 0 Å². The number of ether oxygens (including phenoxy) is 1. The van der Waals surface area contributed by atoms with Gasteiger partial charge >= 0.3 is 5.97 Å². The molecule has 8 heavy (non-hydrogen) atoms. The van der Waals surface area contributed by atoms with Crippen molar-refractivity contribution in [3.63, 3.8) is 0 Å². The summed E-state index contributed by atoms with van der Waals surface area (Å²) in [6.45, 7) is 8.70. The number of carbonyl (C=O) groups excluding carboxylic acids is 1. The highest BCUT2D eigenvalue weighted by molar-refractivity contribution is 5.86. The molecule has 2 nitrogen and oxygen atoms in total. The largest absolute Gasteiger partial charge is 0.463 e. The summed E-state index contributed by atoms with van der Waals surface area (Å²) in [5.41, 5.74) is 0.201. The van der Waals surface area contributed by atoms with Crippen molar-refractivity contribution in [3.05, 3.63) is 12.2 Å². The summed E-state index contributed by atoms with van der Waals surface area (Å²) >= 11 is 0. The van der Waals surface area contributed by atoms with E-state index < -0.39 is 5.97 Å². The van der Waals surface area contributed by atoms with Crippen LogP contribution >= 0.6 is 0 Å². The van der Waals surface area contributed by atoms with E-state index in [9.17, 15) is 4.79 Å². The first-order valence-corrected chi connectivity index (χ1v) is 2.44. The Bertz CT molecular complexity index is 105. The van der Waals surface area contributed by atoms with E-state index in [2.05, 4.69) is 4.74 Å². The normalized spacial score (nSPS) is 8.25. The zero-order chi connectivity index (χ0) is 6.57. The van der Waals surface area contributed by atoms with E-state index in [0.717, 1.165) is 0 Å². The van der Waals surface area contributed by atoms with Crippen molar-refractivity contribution in [2.45, 2.75) is 13.8 Å². The van der Waals surface area contributed by atoms with Crippen molar-refractivity contribution < 1.29 is 9.53 Å². The molecular weight excluding hydrogens is 104 g/mol. The van der Waals surface area contributed by atoms with Crippen molar-refractivity contribution in [1.29, 1.82) is 0 Å². The second kappa shape index (κ2) is 3.24. The molecule has 0 bridgehead atoms. The average molecular weight is 113 g/mol. The van der Waals surface area contributed by atoms with Crippen molar-refractivity contribution in [3.8, 4) is 0 Å². The van der Waals surface area contributed by atoms with E-state index in [1.54, 1.807) is 6.92 Å². The lowest BCUT2D eigenvalue weighted by Crippen LogP contribution is -2.03. The average Bonchev–Trinajstić information content (AvgIpc) is 1.67. The minimum absolute atomic E-state index is 0.201. The summed E-state index contributed by atoms with van der Waals surface area (Å²) < 4.78 is 4.50. The van der Waals surface area contributed by atoms with Crippen LogP contribution in [0.1, 0.15) is 13.8 Å². The summed E-state index contributed by atoms with van der Waals surface area (Å²) in [4.78, 5) is 10.4. The molecule has 45 valence electrons. The Morgan fingerprint density at radius 3 is 2.38 bits per heavy atom. The van der Waals surface area contributed by atoms with Gasteiger partial charge in [-0.05, 0) is 13.8 Å². The second-order valence-electron chi connectivity index (χ2n) is 1.40. The summed E-state index contributed by atoms with van der Waals surface area (Å²) in [6.07, 6.45) is 0. The van der Waals surface area contributed by atoms with Crippen LogP contribution in [0.5, 0.6) is 0 Å². The van der Waals surface area contributed by atoms with Gasteiger partial charge < -0.3 is 4.74 Å². The van der Waals surface area contributed by atoms with E-state index in [-0.39, 0.29) is 5.57 Å². The lowest BCUT2D eigenvalue weighted by Gasteiger charge is -1.96. The Kier molecular flexibility index (Phi) is 2.92. The molecular formula is C6H9O2. The first-order valence-electron chi connectivity index (χ1n) is 2.44. The van der Waals surface area contributed by atoms with E-state index in [4.69, 9.17) is 6.58 Å². The Morgan fingerprint density at radius 1 is 1.75 bits per heavy atom. The third-order valence-electron chi connectivity index (χ3n) is 0.597. The standard InChI is InChI=1S/C6H9O2/c1-4-8-6(7)5(2)3/h2H,4H2,1,3H3. The SMILES string of the molecule is [CH]=C(C)C(=O)OCC. The number of rotatable bonds is 2. The Morgan fingerprint density at radius 2 is 2.25 bits per heavy atom. The molecule has 2 heteroatoms. The van der Waals surface area contributed by atoms with Gasteiger partial charge in [0.2, 0.25) is 0 Å². The molecule has 0 aromatic carbocycles. The highest BCUT2D eigenvalue weighted by atomic mass is 16.5. The zero-order valence-corrected chi connectivity index (χ0v) is 5.10. The van der Waals surface area contributed by atoms with Gasteiger partial charge in [0.1, 0.15) is 0 Å². The first-order chi connectivity index (χ1) is 3.68. The molecule has 0 spiro atoms. The van der Waals surface area contributed by atoms with Gasteiger partial charge in [-0.15, -0.1) is 0 Å². The van der Waals surface area contributed by atoms with Gasteiger partial charge in [0, 0.05) is 5.57 Å². The van der Waals surface area contributed by atoms with Crippen LogP contribution < -0.4 is 0 Å². The molecule has 0 aliphatic heterocycles. The lowest BCUT2D eigenvalue weighted by atomic mass is 10.4. The molecule has 0 amide bonds. The van der Waals surface area contributed by atoms with Crippen molar-refractivity contribution in [2.75, 3.05) is 6.61 Å². The predicted molar refractivity (Wildman–Crippen MR) is 30.1 cm³/mol. The van der Waals surface area contributed by atoms with Gasteiger partial charge in [0.15, 0.2) is 0 Å². The number of esters is 1. The van der Waals surface area contributed by atoms with Gasteiger partial charge in [0.25, 0.3) is 0 Å². The fraction of sp³-hybridized carbons (Fsp3) is 0.500. The summed E-state index contributed by atoms with van der Waals surface area (Å²) in [7, 11) is 0. The van der Waals surface area contributed by atoms with Crippen LogP contribution in [-0.4, -0.2) is 12.6 Å². The molecule has 0 aromatic heterocycles. The lowest BCUT2D eigenvalue weighted by molar-refractivity contribution is -0.138. The summed E-state index contributed by atoms with van der Waals surface area (Å²) in [6, 6.07) is 0. The molecule has 0 heterocycles. The summed E-state index contributed by atoms with van der Waals surface area (Å²) in [5, 5.41) is 0. The van der Waals surface area contributed by atoms with Crippen LogP contribution in [0, 0.1) is 6.58 Å². The second-order valence-corrected chi connectivity index (χ2v) is 1.40. The number of hydrogen-bond donors (Lipinski definition) is 0. The molecule has 0 aliphatic rings. The maximum Gasteiger partial charge on any atom is 0.333 e. The topological polar surface area (TPSA) is 26.3 Å². The van der Waals surface area contributed by atoms with Crippen LogP contribution in [-0.2, 0) is 9.53 Å². The quantitative estimate of drug-likeness (QED) is 0.393. The van der Waals surface area contributed by atoms with Gasteiger partial charge in [-0.2, -0.15) is 0 Å². The monoisotopic (exact) mass is 113 g/mol. The van der Waals surface area contributed by atoms with Crippen molar-refractivity contribution in [2.24, 2.45) is 0 Å². The van der Waals surface area contributed by atoms with Crippen LogP contribution in [0.2, 0.25) is 0 Å². The van der Waals surface area contributed by atoms with Crippen molar-refractivity contribution in [1.82, 2.24) is 0 Å². The highest BCUT2D eigenvalue weighted by Gasteiger charge is 1.98. The predicted octanol–water partition coefficient (Wildman–Crippen LogP) is 0.929. The molecule has 0 saturated heterocycles. The van der Waals surface area contributed by atoms with Gasteiger partial charge in [-0.25, -0.2) is 4.79 Å². The Labute approximate surface area is 49.1 Å². The molecule has 0 aromatic rings. The maximum atomic E-state index is 10.4. The smallest absolute Gasteiger partial charge is 0.333 e. The zero-order valence-electron chi connectivity index (χ0n) is 5.10. The van der Waals surface area contributed by atoms with Crippen molar-refractivity contribution >= 4 is 5.97 Å². The molecule has 0 aliphatic carbocycles. The minimum Gasteiger partial charge on any atom is -0.463 e. The van der Waals surface area contributed by atoms with Crippen LogP contribution in [0.15, 0.2) is 5.57 Å². The Hall–Kier alpha value is -0.790. The molecule has 0 saturated carbocycles. The first kappa shape index (κ1) is 7.21. The summed E-state index contributed by atoms with van der Waals surface area (Å²) in [5.74, 6) is -0.424. The molecule has 0 unspecified atom stereocenters. The minimum atomic E-state index is -0.424. The van der Waals surface area contributed by atoms with Gasteiger partial charge in [-0.3, -0.25) is 0 Å². The molecule has 0 atom stereocenters. The van der Waals surface area contributed by atoms with E-state index in [1.165, 1.54) is 6.92 Å². The molecule has 0 fully saturated rings. The third-order valence-corrected chi connectivity index (χ3v) is 0.597. The number of hydrogen-bond acceptors (Lipinski definition) is 2. The fourth-order valence-electron chi connectivity index (χ4n) is 0.245. The molecule has 1 radical (unpaired) electrons. The van der Waals surface area contributed by atoms with Crippen LogP contribution in [0.4, 0.5) is 0 Å². The highest BCUT2D eigenvalue weighted by Crippen LogP contribution is 1.89. The molecule has 0 rings (SSSR count). The van der Waals surface area contributed by atoms with E-state index in [1.807, 2.05) is 0 Å². The van der Waals surface area contributed by atoms with Gasteiger partial charge in [-0.1, -0.05) is 6.58 Å². The van der Waals surface area contributed by atoms with Gasteiger partial charge in [0.05, 0.1) is 6.61 Å². The molecule has 0 N–H and O–H groups in total. The maximum absolute atomic E-state index is 10.4. The Balaban J connectivity index is 3.49. The fourth-order valence-corrected chi connectivity index (χ4v) is 0.245. The van der Waals surface area contributed by atoms with E-state index >= 15 is 0 Å². The van der Waals surface area contributed by atoms with Crippen LogP contribution in [0.3, 0.4) is 0 Å². The third kappa shape index (κ3) is 2.39.